The van der Waals surface area contributed by atoms with Crippen LogP contribution in [0.5, 0.6) is 0 Å². The lowest BCUT2D eigenvalue weighted by molar-refractivity contribution is -0.156. The van der Waals surface area contributed by atoms with Gasteiger partial charge in [-0.15, -0.1) is 0 Å². The Hall–Kier alpha value is -4.39. The van der Waals surface area contributed by atoms with E-state index >= 15 is 0 Å². The number of amides is 2. The summed E-state index contributed by atoms with van der Waals surface area (Å²) in [6.45, 7) is 15.2. The van der Waals surface area contributed by atoms with E-state index in [0.717, 1.165) is 6.26 Å². The number of aromatic nitrogens is 1. The van der Waals surface area contributed by atoms with Gasteiger partial charge in [0.15, 0.2) is 0 Å². The Labute approximate surface area is 267 Å². The van der Waals surface area contributed by atoms with Crippen LogP contribution < -0.4 is 10.6 Å². The van der Waals surface area contributed by atoms with E-state index in [1.807, 2.05) is 0 Å². The van der Waals surface area contributed by atoms with Gasteiger partial charge < -0.3 is 34.7 Å². The van der Waals surface area contributed by atoms with Crippen LogP contribution in [0.3, 0.4) is 0 Å². The first-order chi connectivity index (χ1) is 21.4. The number of alkyl carbamates (subject to hydrolysis) is 1. The monoisotopic (exact) mass is 641 g/mol. The van der Waals surface area contributed by atoms with Crippen LogP contribution in [0.1, 0.15) is 60.5 Å². The molecule has 13 nitrogen and oxygen atoms in total. The van der Waals surface area contributed by atoms with Crippen LogP contribution in [0.15, 0.2) is 43.3 Å². The summed E-state index contributed by atoms with van der Waals surface area (Å²) in [4.78, 5) is 66.4. The maximum atomic E-state index is 14.2. The van der Waals surface area contributed by atoms with Crippen LogP contribution in [0.25, 0.3) is 10.9 Å². The molecule has 0 unspecified atom stereocenters. The van der Waals surface area contributed by atoms with E-state index in [1.165, 1.54) is 10.8 Å². The number of para-hydroxylation sites is 1. The van der Waals surface area contributed by atoms with Crippen LogP contribution in [-0.4, -0.2) is 75.2 Å². The van der Waals surface area contributed by atoms with Gasteiger partial charge in [0.2, 0.25) is 5.91 Å². The fourth-order valence-electron chi connectivity index (χ4n) is 6.24. The molecule has 1 aromatic heterocycles. The summed E-state index contributed by atoms with van der Waals surface area (Å²) in [5.74, 6) is -4.64. The van der Waals surface area contributed by atoms with Crippen LogP contribution >= 0.6 is 0 Å². The number of aliphatic hydroxyl groups is 1. The zero-order valence-electron chi connectivity index (χ0n) is 27.2. The Kier molecular flexibility index (Phi) is 9.58. The predicted octanol–water partition coefficient (Wildman–Crippen LogP) is 3.59. The fraction of sp³-hybridized carbons (Fsp3) is 0.545. The zero-order valence-corrected chi connectivity index (χ0v) is 27.2. The van der Waals surface area contributed by atoms with E-state index in [0.29, 0.717) is 16.5 Å². The molecule has 1 heterocycles. The molecule has 13 heteroatoms. The van der Waals surface area contributed by atoms with Crippen molar-refractivity contribution in [2.75, 3.05) is 6.61 Å². The van der Waals surface area contributed by atoms with Crippen molar-refractivity contribution in [3.8, 4) is 0 Å². The second-order valence-electron chi connectivity index (χ2n) is 13.6. The summed E-state index contributed by atoms with van der Waals surface area (Å²) in [5, 5.41) is 16.8. The van der Waals surface area contributed by atoms with Crippen molar-refractivity contribution < 1.29 is 48.0 Å². The standard InChI is InChI=1S/C33H43N3O10/c1-9-43-27(39)24-23-22(37)16-33(25(23)24,28(40)44-10-2)35-26(38)20(34-29(41)45-31(3,4)5)15-18-17-36(30(42)46-32(6,7)8)21-14-12-11-13-19(18)21/h9,11-14,17,20,22-25,37H,1,10,15-16H2,2-8H3,(H,34,41)(H,35,38)/t20-,22-,23-,24-,25-,33+/m0/s1. The fourth-order valence-corrected chi connectivity index (χ4v) is 6.24. The van der Waals surface area contributed by atoms with Gasteiger partial charge in [-0.3, -0.25) is 14.2 Å². The number of hydrogen-bond acceptors (Lipinski definition) is 10. The van der Waals surface area contributed by atoms with Crippen LogP contribution in [-0.2, 0) is 39.8 Å². The van der Waals surface area contributed by atoms with E-state index in [-0.39, 0.29) is 19.4 Å². The van der Waals surface area contributed by atoms with E-state index in [4.69, 9.17) is 18.9 Å². The second-order valence-corrected chi connectivity index (χ2v) is 13.6. The van der Waals surface area contributed by atoms with Crippen molar-refractivity contribution in [3.63, 3.8) is 0 Å². The summed E-state index contributed by atoms with van der Waals surface area (Å²) < 4.78 is 22.6. The molecule has 4 rings (SSSR count). The predicted molar refractivity (Wildman–Crippen MR) is 165 cm³/mol. The number of hydrogen-bond donors (Lipinski definition) is 3. The van der Waals surface area contributed by atoms with Gasteiger partial charge in [0, 0.05) is 36.3 Å². The van der Waals surface area contributed by atoms with Crippen molar-refractivity contribution in [2.45, 2.75) is 90.2 Å². The van der Waals surface area contributed by atoms with Crippen molar-refractivity contribution in [1.29, 1.82) is 0 Å². The van der Waals surface area contributed by atoms with Gasteiger partial charge in [-0.1, -0.05) is 24.8 Å². The number of rotatable bonds is 9. The topological polar surface area (TPSA) is 171 Å². The molecule has 46 heavy (non-hydrogen) atoms. The minimum atomic E-state index is -1.78. The molecule has 0 saturated heterocycles. The Morgan fingerprint density at radius 2 is 1.74 bits per heavy atom. The van der Waals surface area contributed by atoms with E-state index in [2.05, 4.69) is 17.2 Å². The molecule has 0 radical (unpaired) electrons. The van der Waals surface area contributed by atoms with E-state index < -0.39 is 76.7 Å². The van der Waals surface area contributed by atoms with Gasteiger partial charge in [0.05, 0.1) is 30.4 Å². The normalized spacial score (nSPS) is 24.3. The molecule has 2 aliphatic carbocycles. The molecule has 2 amide bonds. The van der Waals surface area contributed by atoms with Gasteiger partial charge in [0.1, 0.15) is 22.8 Å². The number of nitrogens with one attached hydrogen (secondary N) is 2. The minimum Gasteiger partial charge on any atom is -0.464 e. The maximum Gasteiger partial charge on any atom is 0.419 e. The van der Waals surface area contributed by atoms with E-state index in [1.54, 1.807) is 72.7 Å². The molecule has 0 spiro atoms. The number of nitrogens with zero attached hydrogens (tertiary/aromatic N) is 1. The van der Waals surface area contributed by atoms with Crippen molar-refractivity contribution >= 4 is 40.9 Å². The highest BCUT2D eigenvalue weighted by Crippen LogP contribution is 2.63. The maximum absolute atomic E-state index is 14.2. The van der Waals surface area contributed by atoms with Crippen LogP contribution in [0, 0.1) is 17.8 Å². The molecular weight excluding hydrogens is 598 g/mol. The highest BCUT2D eigenvalue weighted by molar-refractivity contribution is 5.96. The molecule has 2 aliphatic rings. The second kappa shape index (κ2) is 12.8. The Balaban J connectivity index is 1.72. The third-order valence-electron chi connectivity index (χ3n) is 7.89. The lowest BCUT2D eigenvalue weighted by atomic mass is 9.88. The molecule has 1 aromatic carbocycles. The largest absolute Gasteiger partial charge is 0.464 e. The third-order valence-corrected chi connectivity index (χ3v) is 7.89. The lowest BCUT2D eigenvalue weighted by Gasteiger charge is -2.33. The number of benzene rings is 1. The first kappa shape index (κ1) is 34.5. The quantitative estimate of drug-likeness (QED) is 0.209. The Morgan fingerprint density at radius 1 is 1.09 bits per heavy atom. The highest BCUT2D eigenvalue weighted by Gasteiger charge is 2.76. The average Bonchev–Trinajstić information content (AvgIpc) is 3.50. The van der Waals surface area contributed by atoms with Gasteiger partial charge in [-0.2, -0.15) is 0 Å². The lowest BCUT2D eigenvalue weighted by Crippen LogP contribution is -2.62. The van der Waals surface area contributed by atoms with Gasteiger partial charge in [0.25, 0.3) is 0 Å². The summed E-state index contributed by atoms with van der Waals surface area (Å²) >= 11 is 0. The number of aliphatic hydroxyl groups excluding tert-OH is 1. The number of ether oxygens (including phenoxy) is 4. The zero-order chi connectivity index (χ0) is 34.2. The highest BCUT2D eigenvalue weighted by atomic mass is 16.6. The van der Waals surface area contributed by atoms with Gasteiger partial charge in [-0.05, 0) is 60.1 Å². The van der Waals surface area contributed by atoms with E-state index in [9.17, 15) is 29.1 Å². The summed E-state index contributed by atoms with van der Waals surface area (Å²) in [6.07, 6.45) is -0.468. The van der Waals surface area contributed by atoms with Crippen LogP contribution in [0.2, 0.25) is 0 Å². The molecule has 250 valence electrons. The number of esters is 2. The third kappa shape index (κ3) is 7.19. The molecule has 2 aromatic rings. The minimum absolute atomic E-state index is 0.0184. The Bertz CT molecular complexity index is 1530. The smallest absolute Gasteiger partial charge is 0.419 e. The molecule has 6 atom stereocenters. The molecule has 3 N–H and O–H groups in total. The van der Waals surface area contributed by atoms with Gasteiger partial charge in [-0.25, -0.2) is 14.4 Å². The molecule has 0 aliphatic heterocycles. The average molecular weight is 642 g/mol. The number of fused-ring (bicyclic) bond motifs is 2. The molecular formula is C33H43N3O10. The molecule has 2 saturated carbocycles. The number of carbonyl (C=O) groups excluding carboxylic acids is 5. The summed E-state index contributed by atoms with van der Waals surface area (Å²) in [6, 6.07) is 5.70. The van der Waals surface area contributed by atoms with Gasteiger partial charge >= 0.3 is 24.1 Å². The first-order valence-electron chi connectivity index (χ1n) is 15.2. The molecule has 0 bridgehead atoms. The van der Waals surface area contributed by atoms with Crippen molar-refractivity contribution in [3.05, 3.63) is 48.9 Å². The van der Waals surface area contributed by atoms with Crippen molar-refractivity contribution in [1.82, 2.24) is 15.2 Å². The first-order valence-corrected chi connectivity index (χ1v) is 15.2. The number of carbonyl (C=O) groups is 5. The SMILES string of the molecule is C=COC(=O)[C@H]1[C@H]2[C@@H]1[C@@](NC(=O)[C@H](Cc1cn(C(=O)OC(C)(C)C)c3ccccc13)NC(=O)OC(C)(C)C)(C(=O)OCC)C[C@@H]2O. The summed E-state index contributed by atoms with van der Waals surface area (Å²) in [5.41, 5.74) is -2.40. The van der Waals surface area contributed by atoms with Crippen molar-refractivity contribution in [2.24, 2.45) is 17.8 Å². The Morgan fingerprint density at radius 3 is 2.35 bits per heavy atom. The van der Waals surface area contributed by atoms with Crippen LogP contribution in [0.4, 0.5) is 9.59 Å². The molecule has 2 fully saturated rings. The summed E-state index contributed by atoms with van der Waals surface area (Å²) in [7, 11) is 0.